The van der Waals surface area contributed by atoms with Crippen LogP contribution in [0.1, 0.15) is 18.4 Å². The van der Waals surface area contributed by atoms with Crippen molar-refractivity contribution in [3.8, 4) is 11.5 Å². The van der Waals surface area contributed by atoms with E-state index in [-0.39, 0.29) is 17.9 Å². The van der Waals surface area contributed by atoms with E-state index in [4.69, 9.17) is 9.47 Å². The molecule has 0 radical (unpaired) electrons. The summed E-state index contributed by atoms with van der Waals surface area (Å²) in [5.74, 6) is 1.88. The van der Waals surface area contributed by atoms with Crippen LogP contribution in [0.3, 0.4) is 0 Å². The molecule has 2 aliphatic heterocycles. The molecule has 2 heterocycles. The lowest BCUT2D eigenvalue weighted by molar-refractivity contribution is -0.126. The molecule has 6 heteroatoms. The third-order valence-corrected chi connectivity index (χ3v) is 6.62. The fourth-order valence-electron chi connectivity index (χ4n) is 4.77. The first-order chi connectivity index (χ1) is 14.7. The van der Waals surface area contributed by atoms with Crippen LogP contribution in [0.15, 0.2) is 42.5 Å². The number of nitrogens with zero attached hydrogens (tertiary/aromatic N) is 2. The highest BCUT2D eigenvalue weighted by Gasteiger charge is 2.42. The normalized spacial score (nSPS) is 22.7. The maximum absolute atomic E-state index is 13.2. The van der Waals surface area contributed by atoms with Gasteiger partial charge in [-0.15, -0.1) is 0 Å². The zero-order valence-corrected chi connectivity index (χ0v) is 17.6. The van der Waals surface area contributed by atoms with Crippen molar-refractivity contribution >= 4 is 17.3 Å². The number of methoxy groups -OCH3 is 2. The van der Waals surface area contributed by atoms with Gasteiger partial charge in [-0.3, -0.25) is 4.79 Å². The quantitative estimate of drug-likeness (QED) is 0.826. The van der Waals surface area contributed by atoms with Gasteiger partial charge in [0.15, 0.2) is 0 Å². The monoisotopic (exact) mass is 407 g/mol. The van der Waals surface area contributed by atoms with Crippen LogP contribution in [0.5, 0.6) is 11.5 Å². The first-order valence-electron chi connectivity index (χ1n) is 10.8. The molecule has 1 N–H and O–H groups in total. The number of piperazine rings is 1. The zero-order chi connectivity index (χ0) is 20.7. The summed E-state index contributed by atoms with van der Waals surface area (Å²) in [6.07, 6.45) is 2.99. The Kier molecular flexibility index (Phi) is 4.93. The number of hydrogen-bond donors (Lipinski definition) is 1. The zero-order valence-electron chi connectivity index (χ0n) is 17.6. The van der Waals surface area contributed by atoms with E-state index < -0.39 is 0 Å². The molecule has 6 nitrogen and oxygen atoms in total. The van der Waals surface area contributed by atoms with E-state index in [9.17, 15) is 4.79 Å². The van der Waals surface area contributed by atoms with Crippen molar-refractivity contribution < 1.29 is 14.3 Å². The summed E-state index contributed by atoms with van der Waals surface area (Å²) >= 11 is 0. The molecule has 5 rings (SSSR count). The van der Waals surface area contributed by atoms with Crippen LogP contribution >= 0.6 is 0 Å². The second-order valence-electron chi connectivity index (χ2n) is 8.49. The molecule has 2 aromatic rings. The molecule has 2 aromatic carbocycles. The highest BCUT2D eigenvalue weighted by Crippen LogP contribution is 2.39. The Labute approximate surface area is 177 Å². The maximum atomic E-state index is 13.2. The largest absolute Gasteiger partial charge is 0.497 e. The van der Waals surface area contributed by atoms with Crippen LogP contribution in [-0.4, -0.2) is 51.8 Å². The van der Waals surface area contributed by atoms with E-state index >= 15 is 0 Å². The van der Waals surface area contributed by atoms with Gasteiger partial charge in [-0.2, -0.15) is 0 Å². The Morgan fingerprint density at radius 2 is 1.73 bits per heavy atom. The highest BCUT2D eigenvalue weighted by atomic mass is 16.5. The van der Waals surface area contributed by atoms with Gasteiger partial charge < -0.3 is 24.6 Å². The lowest BCUT2D eigenvalue weighted by Gasteiger charge is -2.49. The van der Waals surface area contributed by atoms with E-state index in [1.165, 1.54) is 16.9 Å². The molecule has 0 unspecified atom stereocenters. The van der Waals surface area contributed by atoms with E-state index in [1.807, 2.05) is 18.2 Å². The van der Waals surface area contributed by atoms with Gasteiger partial charge in [0.05, 0.1) is 26.2 Å². The van der Waals surface area contributed by atoms with Crippen molar-refractivity contribution in [1.82, 2.24) is 5.32 Å². The third kappa shape index (κ3) is 3.55. The van der Waals surface area contributed by atoms with Gasteiger partial charge in [-0.1, -0.05) is 6.07 Å². The lowest BCUT2D eigenvalue weighted by Crippen LogP contribution is -2.61. The van der Waals surface area contributed by atoms with Gasteiger partial charge in [0.1, 0.15) is 11.5 Å². The number of fused-ring (bicyclic) bond motifs is 3. The molecular weight excluding hydrogens is 378 g/mol. The number of rotatable bonds is 5. The number of carbonyl (C=O) groups is 1. The Morgan fingerprint density at radius 3 is 2.43 bits per heavy atom. The molecule has 1 saturated carbocycles. The molecule has 158 valence electrons. The number of benzene rings is 2. The number of amides is 1. The maximum Gasteiger partial charge on any atom is 0.225 e. The first kappa shape index (κ1) is 19.1. The summed E-state index contributed by atoms with van der Waals surface area (Å²) < 4.78 is 10.8. The molecule has 2 fully saturated rings. The van der Waals surface area contributed by atoms with Gasteiger partial charge in [0, 0.05) is 43.1 Å². The SMILES string of the molecule is COc1ccc(N2CCN3c4cc(OC)ccc4C[C@@H](C(=O)NC4CC4)[C@@H]3C2)cc1. The number of nitrogens with one attached hydrogen (secondary N) is 1. The lowest BCUT2D eigenvalue weighted by atomic mass is 9.83. The summed E-state index contributed by atoms with van der Waals surface area (Å²) in [5, 5.41) is 3.25. The fourth-order valence-corrected chi connectivity index (χ4v) is 4.77. The van der Waals surface area contributed by atoms with Gasteiger partial charge in [-0.05, 0) is 55.2 Å². The van der Waals surface area contributed by atoms with Crippen molar-refractivity contribution in [3.05, 3.63) is 48.0 Å². The van der Waals surface area contributed by atoms with Gasteiger partial charge in [0.2, 0.25) is 5.91 Å². The summed E-state index contributed by atoms with van der Waals surface area (Å²) in [5.41, 5.74) is 3.62. The smallest absolute Gasteiger partial charge is 0.225 e. The summed E-state index contributed by atoms with van der Waals surface area (Å²) in [6.45, 7) is 2.62. The number of ether oxygens (including phenoxy) is 2. The minimum Gasteiger partial charge on any atom is -0.497 e. The van der Waals surface area contributed by atoms with Gasteiger partial charge in [0.25, 0.3) is 0 Å². The third-order valence-electron chi connectivity index (χ3n) is 6.62. The van der Waals surface area contributed by atoms with Crippen molar-refractivity contribution in [1.29, 1.82) is 0 Å². The summed E-state index contributed by atoms with van der Waals surface area (Å²) in [6, 6.07) is 15.0. The average molecular weight is 408 g/mol. The van der Waals surface area contributed by atoms with Crippen molar-refractivity contribution in [3.63, 3.8) is 0 Å². The predicted octanol–water partition coefficient (Wildman–Crippen LogP) is 2.85. The van der Waals surface area contributed by atoms with E-state index in [1.54, 1.807) is 14.2 Å². The van der Waals surface area contributed by atoms with Crippen LogP contribution in [0.2, 0.25) is 0 Å². The second-order valence-corrected chi connectivity index (χ2v) is 8.49. The molecule has 0 aromatic heterocycles. The predicted molar refractivity (Wildman–Crippen MR) is 118 cm³/mol. The van der Waals surface area contributed by atoms with Crippen LogP contribution in [0.25, 0.3) is 0 Å². The van der Waals surface area contributed by atoms with Gasteiger partial charge >= 0.3 is 0 Å². The van der Waals surface area contributed by atoms with Crippen LogP contribution in [0.4, 0.5) is 11.4 Å². The first-order valence-corrected chi connectivity index (χ1v) is 10.8. The Bertz CT molecular complexity index is 926. The minimum atomic E-state index is -0.0486. The molecule has 0 bridgehead atoms. The van der Waals surface area contributed by atoms with Gasteiger partial charge in [-0.25, -0.2) is 0 Å². The highest BCUT2D eigenvalue weighted by molar-refractivity contribution is 5.83. The second kappa shape index (κ2) is 7.74. The summed E-state index contributed by atoms with van der Waals surface area (Å²) in [7, 11) is 3.39. The molecule has 1 saturated heterocycles. The molecule has 1 aliphatic carbocycles. The molecule has 30 heavy (non-hydrogen) atoms. The van der Waals surface area contributed by atoms with E-state index in [2.05, 4.69) is 39.4 Å². The Hall–Kier alpha value is -2.89. The van der Waals surface area contributed by atoms with Crippen LogP contribution in [-0.2, 0) is 11.2 Å². The number of anilines is 2. The average Bonchev–Trinajstić information content (AvgIpc) is 3.61. The molecule has 0 spiro atoms. The topological polar surface area (TPSA) is 54.0 Å². The Morgan fingerprint density at radius 1 is 1.00 bits per heavy atom. The molecule has 3 aliphatic rings. The molecular formula is C24H29N3O3. The van der Waals surface area contributed by atoms with Crippen molar-refractivity contribution in [2.75, 3.05) is 43.7 Å². The van der Waals surface area contributed by atoms with Crippen molar-refractivity contribution in [2.45, 2.75) is 31.3 Å². The Balaban J connectivity index is 1.44. The fraction of sp³-hybridized carbons (Fsp3) is 0.458. The van der Waals surface area contributed by atoms with Crippen LogP contribution < -0.4 is 24.6 Å². The standard InChI is InChI=1S/C24H29N3O3/c1-29-19-9-6-18(7-10-19)26-11-12-27-22-14-20(30-2)8-3-16(22)13-21(23(27)15-26)24(28)25-17-4-5-17/h3,6-10,14,17,21,23H,4-5,11-13,15H2,1-2H3,(H,25,28)/t21-,23+/m1/s1. The minimum absolute atomic E-state index is 0.0486. The molecule has 1 amide bonds. The molecule has 2 atom stereocenters. The van der Waals surface area contributed by atoms with Crippen molar-refractivity contribution in [2.24, 2.45) is 5.92 Å². The summed E-state index contributed by atoms with van der Waals surface area (Å²) in [4.78, 5) is 18.0. The van der Waals surface area contributed by atoms with E-state index in [0.717, 1.165) is 50.4 Å². The van der Waals surface area contributed by atoms with E-state index in [0.29, 0.717) is 6.04 Å². The van der Waals surface area contributed by atoms with Crippen LogP contribution in [0, 0.1) is 5.92 Å². The number of hydrogen-bond acceptors (Lipinski definition) is 5. The number of carbonyl (C=O) groups excluding carboxylic acids is 1.